The van der Waals surface area contributed by atoms with E-state index < -0.39 is 5.97 Å². The molecule has 4 heteroatoms. The van der Waals surface area contributed by atoms with Crippen LogP contribution in [0.2, 0.25) is 0 Å². The summed E-state index contributed by atoms with van der Waals surface area (Å²) >= 11 is 0. The summed E-state index contributed by atoms with van der Waals surface area (Å²) in [5.41, 5.74) is -0.139. The molecule has 1 atom stereocenters. The highest BCUT2D eigenvalue weighted by molar-refractivity contribution is 5.87. The molecular formula is C7H9NO3. The fraction of sp³-hybridized carbons (Fsp3) is 0.286. The number of allylic oxidation sites excluding steroid dienone is 1. The number of nitrogens with one attached hydrogen (secondary N) is 1. The molecule has 0 aromatic carbocycles. The van der Waals surface area contributed by atoms with Crippen LogP contribution in [-0.4, -0.2) is 22.2 Å². The van der Waals surface area contributed by atoms with Crippen LogP contribution in [-0.2, 0) is 4.79 Å². The Morgan fingerprint density at radius 1 is 1.73 bits per heavy atom. The second-order valence-corrected chi connectivity index (χ2v) is 2.36. The van der Waals surface area contributed by atoms with Crippen LogP contribution < -0.4 is 5.32 Å². The Morgan fingerprint density at radius 3 is 2.82 bits per heavy atom. The Morgan fingerprint density at radius 2 is 2.36 bits per heavy atom. The lowest BCUT2D eigenvalue weighted by Gasteiger charge is -2.16. The zero-order valence-corrected chi connectivity index (χ0v) is 6.03. The molecule has 0 aromatic rings. The Balaban J connectivity index is 2.90. The molecule has 0 saturated heterocycles. The second-order valence-electron chi connectivity index (χ2n) is 2.36. The van der Waals surface area contributed by atoms with Crippen LogP contribution in [0.4, 0.5) is 0 Å². The predicted molar refractivity (Wildman–Crippen MR) is 39.0 cm³/mol. The number of dihydropyridines is 1. The van der Waals surface area contributed by atoms with Crippen LogP contribution >= 0.6 is 0 Å². The number of carbonyl (C=O) groups is 1. The van der Waals surface area contributed by atoms with Crippen molar-refractivity contribution < 1.29 is 15.0 Å². The summed E-state index contributed by atoms with van der Waals surface area (Å²) in [5.74, 6) is -1.37. The number of aliphatic hydroxyl groups excluding tert-OH is 1. The van der Waals surface area contributed by atoms with Gasteiger partial charge in [0.05, 0.1) is 0 Å². The molecule has 3 N–H and O–H groups in total. The van der Waals surface area contributed by atoms with E-state index in [1.807, 2.05) is 0 Å². The van der Waals surface area contributed by atoms with Gasteiger partial charge in [-0.15, -0.1) is 0 Å². The maximum absolute atomic E-state index is 10.4. The predicted octanol–water partition coefficient (Wildman–Crippen LogP) is 0.389. The monoisotopic (exact) mass is 155 g/mol. The summed E-state index contributed by atoms with van der Waals surface area (Å²) in [6, 6.07) is -0.0444. The molecule has 4 nitrogen and oxygen atoms in total. The standard InChI is InChI=1S/C7H9NO3/c1-4-2-3-5(9)6(8-4)7(10)11/h2-4,8-9H,1H3,(H,10,11). The summed E-state index contributed by atoms with van der Waals surface area (Å²) in [5, 5.41) is 20.1. The first kappa shape index (κ1) is 7.65. The van der Waals surface area contributed by atoms with Gasteiger partial charge in [0.2, 0.25) is 0 Å². The van der Waals surface area contributed by atoms with Crippen LogP contribution in [0.25, 0.3) is 0 Å². The summed E-state index contributed by atoms with van der Waals surface area (Å²) < 4.78 is 0. The topological polar surface area (TPSA) is 69.6 Å². The van der Waals surface area contributed by atoms with Gasteiger partial charge in [0, 0.05) is 6.04 Å². The normalized spacial score (nSPS) is 23.2. The lowest BCUT2D eigenvalue weighted by Crippen LogP contribution is -2.31. The van der Waals surface area contributed by atoms with Crippen molar-refractivity contribution >= 4 is 5.97 Å². The van der Waals surface area contributed by atoms with E-state index >= 15 is 0 Å². The van der Waals surface area contributed by atoms with Crippen LogP contribution in [0.15, 0.2) is 23.6 Å². The van der Waals surface area contributed by atoms with Crippen LogP contribution in [0.3, 0.4) is 0 Å². The van der Waals surface area contributed by atoms with Crippen molar-refractivity contribution in [1.82, 2.24) is 5.32 Å². The van der Waals surface area contributed by atoms with E-state index in [2.05, 4.69) is 5.32 Å². The number of aliphatic carboxylic acids is 1. The van der Waals surface area contributed by atoms with Gasteiger partial charge >= 0.3 is 5.97 Å². The van der Waals surface area contributed by atoms with Gasteiger partial charge in [-0.25, -0.2) is 4.79 Å². The Kier molecular flexibility index (Phi) is 1.85. The third-order valence-corrected chi connectivity index (χ3v) is 1.38. The molecule has 1 aliphatic rings. The minimum absolute atomic E-state index is 0.0444. The van der Waals surface area contributed by atoms with Crippen molar-refractivity contribution in [2.24, 2.45) is 0 Å². The zero-order valence-electron chi connectivity index (χ0n) is 6.03. The number of rotatable bonds is 1. The van der Waals surface area contributed by atoms with E-state index in [1.54, 1.807) is 13.0 Å². The van der Waals surface area contributed by atoms with Gasteiger partial charge in [-0.3, -0.25) is 0 Å². The van der Waals surface area contributed by atoms with Gasteiger partial charge in [-0.05, 0) is 13.0 Å². The van der Waals surface area contributed by atoms with Gasteiger partial charge in [0.1, 0.15) is 5.76 Å². The third kappa shape index (κ3) is 1.52. The van der Waals surface area contributed by atoms with Gasteiger partial charge in [0.15, 0.2) is 5.70 Å². The first-order valence-electron chi connectivity index (χ1n) is 3.22. The fourth-order valence-corrected chi connectivity index (χ4v) is 0.840. The average Bonchev–Trinajstić information content (AvgIpc) is 1.94. The minimum Gasteiger partial charge on any atom is -0.506 e. The molecule has 0 aliphatic carbocycles. The molecule has 0 bridgehead atoms. The van der Waals surface area contributed by atoms with Crippen LogP contribution in [0, 0.1) is 0 Å². The molecule has 1 aliphatic heterocycles. The lowest BCUT2D eigenvalue weighted by molar-refractivity contribution is -0.133. The third-order valence-electron chi connectivity index (χ3n) is 1.38. The largest absolute Gasteiger partial charge is 0.506 e. The summed E-state index contributed by atoms with van der Waals surface area (Å²) in [4.78, 5) is 10.4. The van der Waals surface area contributed by atoms with Crippen molar-refractivity contribution in [2.75, 3.05) is 0 Å². The Hall–Kier alpha value is -1.45. The molecule has 1 rings (SSSR count). The number of aliphatic hydroxyl groups is 1. The van der Waals surface area contributed by atoms with Crippen molar-refractivity contribution in [2.45, 2.75) is 13.0 Å². The summed E-state index contributed by atoms with van der Waals surface area (Å²) in [7, 11) is 0. The summed E-state index contributed by atoms with van der Waals surface area (Å²) in [6.07, 6.45) is 3.06. The fourth-order valence-electron chi connectivity index (χ4n) is 0.840. The SMILES string of the molecule is CC1C=CC(O)=C(C(=O)O)N1. The minimum atomic E-state index is -1.14. The van der Waals surface area contributed by atoms with E-state index in [0.29, 0.717) is 0 Å². The second kappa shape index (κ2) is 2.65. The zero-order chi connectivity index (χ0) is 8.43. The highest BCUT2D eigenvalue weighted by atomic mass is 16.4. The van der Waals surface area contributed by atoms with E-state index in [9.17, 15) is 4.79 Å². The van der Waals surface area contributed by atoms with Crippen molar-refractivity contribution in [3.05, 3.63) is 23.6 Å². The number of carboxylic acid groups (broad SMARTS) is 1. The van der Waals surface area contributed by atoms with E-state index in [-0.39, 0.29) is 17.5 Å². The molecule has 60 valence electrons. The first-order valence-corrected chi connectivity index (χ1v) is 3.22. The molecule has 1 heterocycles. The van der Waals surface area contributed by atoms with Crippen molar-refractivity contribution in [1.29, 1.82) is 0 Å². The maximum Gasteiger partial charge on any atom is 0.355 e. The van der Waals surface area contributed by atoms with Gasteiger partial charge in [0.25, 0.3) is 0 Å². The Bertz CT molecular complexity index is 242. The lowest BCUT2D eigenvalue weighted by atomic mass is 10.2. The molecule has 11 heavy (non-hydrogen) atoms. The maximum atomic E-state index is 10.4. The van der Waals surface area contributed by atoms with E-state index in [1.165, 1.54) is 6.08 Å². The number of hydrogen-bond donors (Lipinski definition) is 3. The quantitative estimate of drug-likeness (QED) is 0.512. The first-order chi connectivity index (χ1) is 5.11. The van der Waals surface area contributed by atoms with E-state index in [4.69, 9.17) is 10.2 Å². The van der Waals surface area contributed by atoms with Crippen LogP contribution in [0.5, 0.6) is 0 Å². The molecule has 0 fully saturated rings. The molecule has 0 amide bonds. The Labute approximate surface area is 63.8 Å². The molecule has 0 saturated carbocycles. The molecule has 1 unspecified atom stereocenters. The average molecular weight is 155 g/mol. The molecule has 0 spiro atoms. The van der Waals surface area contributed by atoms with Gasteiger partial charge in [-0.2, -0.15) is 0 Å². The van der Waals surface area contributed by atoms with Crippen molar-refractivity contribution in [3.8, 4) is 0 Å². The number of hydrogen-bond acceptors (Lipinski definition) is 3. The smallest absolute Gasteiger partial charge is 0.355 e. The number of carboxylic acids is 1. The molecule has 0 radical (unpaired) electrons. The summed E-state index contributed by atoms with van der Waals surface area (Å²) in [6.45, 7) is 1.80. The molecule has 0 aromatic heterocycles. The molecular weight excluding hydrogens is 146 g/mol. The van der Waals surface area contributed by atoms with Gasteiger partial charge < -0.3 is 15.5 Å². The van der Waals surface area contributed by atoms with E-state index in [0.717, 1.165) is 0 Å². The highest BCUT2D eigenvalue weighted by Crippen LogP contribution is 2.07. The highest BCUT2D eigenvalue weighted by Gasteiger charge is 2.17. The van der Waals surface area contributed by atoms with Gasteiger partial charge in [-0.1, -0.05) is 6.08 Å². The van der Waals surface area contributed by atoms with Crippen molar-refractivity contribution in [3.63, 3.8) is 0 Å². The van der Waals surface area contributed by atoms with Crippen LogP contribution in [0.1, 0.15) is 6.92 Å².